The molecule has 0 spiro atoms. The van der Waals surface area contributed by atoms with Crippen LogP contribution in [0.2, 0.25) is 0 Å². The van der Waals surface area contributed by atoms with Crippen molar-refractivity contribution in [2.45, 2.75) is 51.1 Å². The Labute approximate surface area is 180 Å². The number of H-pyrrole nitrogens is 1. The van der Waals surface area contributed by atoms with E-state index in [1.165, 1.54) is 5.56 Å². The van der Waals surface area contributed by atoms with Crippen LogP contribution < -0.4 is 5.56 Å². The molecule has 156 valence electrons. The minimum absolute atomic E-state index is 0.0531. The molecule has 1 saturated heterocycles. The van der Waals surface area contributed by atoms with Gasteiger partial charge in [-0.05, 0) is 67.7 Å². The van der Waals surface area contributed by atoms with Crippen LogP contribution in [-0.4, -0.2) is 31.9 Å². The molecule has 3 aromatic rings. The number of unbranched alkanes of at least 4 members (excludes halogenated alkanes) is 2. The summed E-state index contributed by atoms with van der Waals surface area (Å²) in [6.45, 7) is 1.39. The van der Waals surface area contributed by atoms with Gasteiger partial charge in [0.1, 0.15) is 0 Å². The molecule has 6 nitrogen and oxygen atoms in total. The summed E-state index contributed by atoms with van der Waals surface area (Å²) < 4.78 is 2.08. The SMILES string of the molecule is O=C(CCCCCn1c(=S)[nH]c2ccccc2c1=O)N1CCCC1c1ccncc1. The van der Waals surface area contributed by atoms with Gasteiger partial charge in [0.05, 0.1) is 16.9 Å². The van der Waals surface area contributed by atoms with Crippen molar-refractivity contribution < 1.29 is 4.79 Å². The van der Waals surface area contributed by atoms with Crippen molar-refractivity contribution in [3.05, 3.63) is 69.5 Å². The van der Waals surface area contributed by atoms with Gasteiger partial charge in [-0.1, -0.05) is 18.6 Å². The second-order valence-electron chi connectivity index (χ2n) is 7.77. The number of pyridine rings is 1. The average molecular weight is 423 g/mol. The van der Waals surface area contributed by atoms with Crippen molar-refractivity contribution in [3.8, 4) is 0 Å². The molecule has 1 aromatic carbocycles. The van der Waals surface area contributed by atoms with E-state index in [-0.39, 0.29) is 17.5 Å². The molecular weight excluding hydrogens is 396 g/mol. The zero-order chi connectivity index (χ0) is 20.9. The molecule has 1 atom stereocenters. The van der Waals surface area contributed by atoms with Crippen LogP contribution in [0.15, 0.2) is 53.6 Å². The van der Waals surface area contributed by atoms with Gasteiger partial charge in [0.15, 0.2) is 4.77 Å². The Morgan fingerprint density at radius 2 is 1.93 bits per heavy atom. The molecule has 30 heavy (non-hydrogen) atoms. The molecule has 0 radical (unpaired) electrons. The highest BCUT2D eigenvalue weighted by Crippen LogP contribution is 2.32. The standard InChI is InChI=1S/C23H26N4O2S/c28-21(26-16-6-9-20(26)17-11-13-24-14-12-17)10-2-1-5-15-27-22(29)18-7-3-4-8-19(18)25-23(27)30/h3-4,7-8,11-14,20H,1-2,5-6,9-10,15-16H2,(H,25,30). The molecular formula is C23H26N4O2S. The summed E-state index contributed by atoms with van der Waals surface area (Å²) in [5.74, 6) is 0.217. The molecule has 1 aliphatic heterocycles. The van der Waals surface area contributed by atoms with Crippen molar-refractivity contribution in [2.24, 2.45) is 0 Å². The van der Waals surface area contributed by atoms with E-state index in [0.29, 0.717) is 23.1 Å². The number of para-hydroxylation sites is 1. The quantitative estimate of drug-likeness (QED) is 0.453. The smallest absolute Gasteiger partial charge is 0.262 e. The van der Waals surface area contributed by atoms with Crippen LogP contribution in [0.4, 0.5) is 0 Å². The number of carbonyl (C=O) groups excluding carboxylic acids is 1. The summed E-state index contributed by atoms with van der Waals surface area (Å²) in [6.07, 6.45) is 8.69. The Hall–Kier alpha value is -2.80. The second kappa shape index (κ2) is 9.34. The lowest BCUT2D eigenvalue weighted by Gasteiger charge is -2.25. The van der Waals surface area contributed by atoms with Gasteiger partial charge < -0.3 is 9.88 Å². The van der Waals surface area contributed by atoms with Crippen LogP contribution in [0.3, 0.4) is 0 Å². The predicted molar refractivity (Wildman–Crippen MR) is 120 cm³/mol. The monoisotopic (exact) mass is 422 g/mol. The molecule has 4 rings (SSSR count). The molecule has 1 unspecified atom stereocenters. The normalized spacial score (nSPS) is 16.3. The maximum absolute atomic E-state index is 12.8. The van der Waals surface area contributed by atoms with Gasteiger partial charge in [0.25, 0.3) is 5.56 Å². The van der Waals surface area contributed by atoms with Gasteiger partial charge in [0.2, 0.25) is 5.91 Å². The van der Waals surface area contributed by atoms with E-state index in [9.17, 15) is 9.59 Å². The molecule has 1 amide bonds. The first-order valence-electron chi connectivity index (χ1n) is 10.6. The molecule has 0 aliphatic carbocycles. The molecule has 1 N–H and O–H groups in total. The van der Waals surface area contributed by atoms with Crippen molar-refractivity contribution in [2.75, 3.05) is 6.54 Å². The minimum Gasteiger partial charge on any atom is -0.336 e. The highest BCUT2D eigenvalue weighted by Gasteiger charge is 2.29. The van der Waals surface area contributed by atoms with Crippen LogP contribution >= 0.6 is 12.2 Å². The molecule has 7 heteroatoms. The van der Waals surface area contributed by atoms with Crippen LogP contribution in [0.25, 0.3) is 10.9 Å². The lowest BCUT2D eigenvalue weighted by Crippen LogP contribution is -2.30. The molecule has 1 fully saturated rings. The fourth-order valence-electron chi connectivity index (χ4n) is 4.27. The lowest BCUT2D eigenvalue weighted by molar-refractivity contribution is -0.132. The first kappa shape index (κ1) is 20.5. The van der Waals surface area contributed by atoms with E-state index in [1.807, 2.05) is 41.3 Å². The number of nitrogens with one attached hydrogen (secondary N) is 1. The number of benzene rings is 1. The number of hydrogen-bond donors (Lipinski definition) is 1. The molecule has 3 heterocycles. The number of nitrogens with zero attached hydrogens (tertiary/aromatic N) is 3. The maximum Gasteiger partial charge on any atom is 0.262 e. The Morgan fingerprint density at radius 1 is 1.13 bits per heavy atom. The number of amides is 1. The van der Waals surface area contributed by atoms with Crippen molar-refractivity contribution in [1.29, 1.82) is 0 Å². The fourth-order valence-corrected chi connectivity index (χ4v) is 4.55. The van der Waals surface area contributed by atoms with Crippen LogP contribution in [-0.2, 0) is 11.3 Å². The number of hydrogen-bond acceptors (Lipinski definition) is 4. The van der Waals surface area contributed by atoms with Gasteiger partial charge >= 0.3 is 0 Å². The number of carbonyl (C=O) groups is 1. The number of likely N-dealkylation sites (tertiary alicyclic amines) is 1. The minimum atomic E-state index is -0.0531. The van der Waals surface area contributed by atoms with Crippen LogP contribution in [0.5, 0.6) is 0 Å². The molecule has 1 aliphatic rings. The average Bonchev–Trinajstić information content (AvgIpc) is 3.26. The summed E-state index contributed by atoms with van der Waals surface area (Å²) in [6, 6.07) is 11.6. The molecule has 0 saturated carbocycles. The number of aromatic nitrogens is 3. The van der Waals surface area contributed by atoms with Gasteiger partial charge in [-0.3, -0.25) is 19.1 Å². The number of fused-ring (bicyclic) bond motifs is 1. The Balaban J connectivity index is 1.30. The highest BCUT2D eigenvalue weighted by atomic mass is 32.1. The summed E-state index contributed by atoms with van der Waals surface area (Å²) >= 11 is 5.36. The van der Waals surface area contributed by atoms with Crippen molar-refractivity contribution >= 4 is 29.0 Å². The van der Waals surface area contributed by atoms with Crippen molar-refractivity contribution in [3.63, 3.8) is 0 Å². The zero-order valence-corrected chi connectivity index (χ0v) is 17.7. The summed E-state index contributed by atoms with van der Waals surface area (Å²) in [7, 11) is 0. The van der Waals surface area contributed by atoms with E-state index >= 15 is 0 Å². The van der Waals surface area contributed by atoms with E-state index in [4.69, 9.17) is 12.2 Å². The highest BCUT2D eigenvalue weighted by molar-refractivity contribution is 7.71. The topological polar surface area (TPSA) is 71.0 Å². The van der Waals surface area contributed by atoms with Gasteiger partial charge in [-0.2, -0.15) is 0 Å². The van der Waals surface area contributed by atoms with Crippen LogP contribution in [0, 0.1) is 4.77 Å². The van der Waals surface area contributed by atoms with Crippen LogP contribution in [0.1, 0.15) is 50.1 Å². The van der Waals surface area contributed by atoms with E-state index < -0.39 is 0 Å². The van der Waals surface area contributed by atoms with E-state index in [1.54, 1.807) is 17.0 Å². The number of rotatable bonds is 7. The van der Waals surface area contributed by atoms with E-state index in [2.05, 4.69) is 9.97 Å². The summed E-state index contributed by atoms with van der Waals surface area (Å²) in [4.78, 5) is 34.6. The Morgan fingerprint density at radius 3 is 2.77 bits per heavy atom. The maximum atomic E-state index is 12.8. The molecule has 0 bridgehead atoms. The van der Waals surface area contributed by atoms with Gasteiger partial charge in [-0.15, -0.1) is 0 Å². The third-order valence-electron chi connectivity index (χ3n) is 5.83. The van der Waals surface area contributed by atoms with E-state index in [0.717, 1.165) is 44.2 Å². The molecule has 2 aromatic heterocycles. The third kappa shape index (κ3) is 4.36. The van der Waals surface area contributed by atoms with Gasteiger partial charge in [-0.25, -0.2) is 0 Å². The largest absolute Gasteiger partial charge is 0.336 e. The fraction of sp³-hybridized carbons (Fsp3) is 0.391. The first-order chi connectivity index (χ1) is 14.6. The first-order valence-corrected chi connectivity index (χ1v) is 11.0. The second-order valence-corrected chi connectivity index (χ2v) is 8.16. The number of aromatic amines is 1. The third-order valence-corrected chi connectivity index (χ3v) is 6.15. The Bertz CT molecular complexity index is 1140. The predicted octanol–water partition coefficient (Wildman–Crippen LogP) is 4.38. The van der Waals surface area contributed by atoms with Crippen molar-refractivity contribution in [1.82, 2.24) is 19.4 Å². The zero-order valence-electron chi connectivity index (χ0n) is 16.9. The van der Waals surface area contributed by atoms with Gasteiger partial charge in [0, 0.05) is 31.9 Å². The lowest BCUT2D eigenvalue weighted by atomic mass is 10.1. The Kier molecular flexibility index (Phi) is 6.38. The summed E-state index contributed by atoms with van der Waals surface area (Å²) in [5, 5.41) is 0.650. The summed E-state index contributed by atoms with van der Waals surface area (Å²) in [5.41, 5.74) is 1.88.